The molecule has 0 spiro atoms. The molecule has 3 rings (SSSR count). The first kappa shape index (κ1) is 24.3. The van der Waals surface area contributed by atoms with E-state index in [1.807, 2.05) is 0 Å². The Hall–Kier alpha value is -2.34. The largest absolute Gasteiger partial charge is 0.0613 e. The Balaban J connectivity index is 1.73. The lowest BCUT2D eigenvalue weighted by Crippen LogP contribution is -2.00. The average molecular weight is 427 g/mol. The van der Waals surface area contributed by atoms with Gasteiger partial charge < -0.3 is 0 Å². The summed E-state index contributed by atoms with van der Waals surface area (Å²) in [6.45, 7) is 11.3. The molecule has 32 heavy (non-hydrogen) atoms. The van der Waals surface area contributed by atoms with Crippen LogP contribution in [0.2, 0.25) is 0 Å². The molecular weight excluding hydrogens is 384 g/mol. The van der Waals surface area contributed by atoms with Gasteiger partial charge in [0.25, 0.3) is 0 Å². The molecular formula is C32H42. The molecule has 0 nitrogen and oxygen atoms in total. The summed E-state index contributed by atoms with van der Waals surface area (Å²) in [5, 5.41) is 0. The normalized spacial score (nSPS) is 11.2. The highest BCUT2D eigenvalue weighted by atomic mass is 14.1. The Bertz CT molecular complexity index is 886. The third-order valence-corrected chi connectivity index (χ3v) is 6.78. The lowest BCUT2D eigenvalue weighted by Gasteiger charge is -2.12. The first-order valence-electron chi connectivity index (χ1n) is 12.9. The molecule has 0 N–H and O–H groups in total. The van der Waals surface area contributed by atoms with Crippen molar-refractivity contribution in [2.45, 2.75) is 92.4 Å². The van der Waals surface area contributed by atoms with Crippen molar-refractivity contribution in [1.29, 1.82) is 0 Å². The topological polar surface area (TPSA) is 0 Å². The molecule has 0 aromatic heterocycles. The fraction of sp³-hybridized carbons (Fsp3) is 0.438. The average Bonchev–Trinajstić information content (AvgIpc) is 2.85. The number of rotatable bonds is 11. The van der Waals surface area contributed by atoms with Crippen LogP contribution in [-0.4, -0.2) is 0 Å². The van der Waals surface area contributed by atoms with Gasteiger partial charge in [-0.05, 0) is 108 Å². The predicted octanol–water partition coefficient (Wildman–Crippen LogP) is 8.07. The molecule has 0 aliphatic heterocycles. The van der Waals surface area contributed by atoms with Gasteiger partial charge in [-0.2, -0.15) is 0 Å². The van der Waals surface area contributed by atoms with Gasteiger partial charge in [0.15, 0.2) is 0 Å². The highest BCUT2D eigenvalue weighted by molar-refractivity contribution is 5.35. The highest BCUT2D eigenvalue weighted by Crippen LogP contribution is 2.19. The number of aryl methyl sites for hydroxylation is 9. The molecule has 0 fully saturated rings. The molecule has 0 atom stereocenters. The van der Waals surface area contributed by atoms with Crippen LogP contribution < -0.4 is 0 Å². The van der Waals surface area contributed by atoms with E-state index in [1.165, 1.54) is 50.1 Å². The van der Waals surface area contributed by atoms with Crippen LogP contribution in [0.5, 0.6) is 0 Å². The zero-order valence-corrected chi connectivity index (χ0v) is 21.1. The maximum absolute atomic E-state index is 2.47. The molecule has 0 saturated heterocycles. The van der Waals surface area contributed by atoms with Crippen LogP contribution in [-0.2, 0) is 57.8 Å². The molecule has 0 radical (unpaired) electrons. The van der Waals surface area contributed by atoms with Crippen LogP contribution >= 0.6 is 0 Å². The number of hydrogen-bond donors (Lipinski definition) is 0. The second-order valence-corrected chi connectivity index (χ2v) is 9.24. The molecule has 0 unspecified atom stereocenters. The first-order chi connectivity index (χ1) is 15.6. The summed E-state index contributed by atoms with van der Waals surface area (Å²) in [4.78, 5) is 0. The van der Waals surface area contributed by atoms with Crippen LogP contribution in [0, 0.1) is 0 Å². The van der Waals surface area contributed by atoms with E-state index in [1.54, 1.807) is 0 Å². The summed E-state index contributed by atoms with van der Waals surface area (Å²) >= 11 is 0. The van der Waals surface area contributed by atoms with E-state index >= 15 is 0 Å². The second kappa shape index (κ2) is 12.0. The van der Waals surface area contributed by atoms with E-state index < -0.39 is 0 Å². The minimum atomic E-state index is 1.11. The molecule has 0 saturated carbocycles. The summed E-state index contributed by atoms with van der Waals surface area (Å²) in [5.41, 5.74) is 13.4. The SMILES string of the molecule is CCc1cc(CC)cc(CCc2cc(CC)cc(CCc3cc(CC)cc(CC)c3)c2)c1. The standard InChI is InChI=1S/C32H42/c1-6-24-15-25(7-2)18-29(17-24)11-13-31-21-28(10-5)22-32(23-31)14-12-30-19-26(8-3)16-27(9-4)20-30/h15-23H,6-14H2,1-5H3. The highest BCUT2D eigenvalue weighted by Gasteiger charge is 2.06. The summed E-state index contributed by atoms with van der Waals surface area (Å²) in [6, 6.07) is 21.7. The minimum Gasteiger partial charge on any atom is -0.0613 e. The van der Waals surface area contributed by atoms with E-state index in [0.29, 0.717) is 0 Å². The summed E-state index contributed by atoms with van der Waals surface area (Å²) in [5.74, 6) is 0. The van der Waals surface area contributed by atoms with Gasteiger partial charge in [0.1, 0.15) is 0 Å². The van der Waals surface area contributed by atoms with Crippen molar-refractivity contribution in [2.24, 2.45) is 0 Å². The van der Waals surface area contributed by atoms with Crippen molar-refractivity contribution in [3.05, 3.63) is 105 Å². The van der Waals surface area contributed by atoms with Crippen molar-refractivity contribution in [3.63, 3.8) is 0 Å². The first-order valence-corrected chi connectivity index (χ1v) is 12.9. The van der Waals surface area contributed by atoms with Gasteiger partial charge in [0.2, 0.25) is 0 Å². The molecule has 0 heterocycles. The zero-order chi connectivity index (χ0) is 22.9. The van der Waals surface area contributed by atoms with Crippen LogP contribution in [0.1, 0.15) is 84.7 Å². The molecule has 3 aromatic rings. The van der Waals surface area contributed by atoms with Gasteiger partial charge in [0.05, 0.1) is 0 Å². The van der Waals surface area contributed by atoms with Gasteiger partial charge in [-0.15, -0.1) is 0 Å². The fourth-order valence-electron chi connectivity index (χ4n) is 4.69. The molecule has 0 aliphatic carbocycles. The van der Waals surface area contributed by atoms with Crippen molar-refractivity contribution < 1.29 is 0 Å². The van der Waals surface area contributed by atoms with Crippen LogP contribution in [0.15, 0.2) is 54.6 Å². The molecule has 0 heteroatoms. The molecule has 0 amide bonds. The second-order valence-electron chi connectivity index (χ2n) is 9.24. The molecule has 3 aromatic carbocycles. The molecule has 0 aliphatic rings. The van der Waals surface area contributed by atoms with Gasteiger partial charge in [0, 0.05) is 0 Å². The summed E-state index contributed by atoms with van der Waals surface area (Å²) in [6.07, 6.45) is 10.1. The lowest BCUT2D eigenvalue weighted by molar-refractivity contribution is 0.911. The Labute approximate surface area is 197 Å². The Morgan fingerprint density at radius 2 is 0.438 bits per heavy atom. The van der Waals surface area contributed by atoms with E-state index in [-0.39, 0.29) is 0 Å². The third kappa shape index (κ3) is 6.83. The Morgan fingerprint density at radius 1 is 0.281 bits per heavy atom. The van der Waals surface area contributed by atoms with Gasteiger partial charge in [-0.1, -0.05) is 89.2 Å². The van der Waals surface area contributed by atoms with Crippen LogP contribution in [0.3, 0.4) is 0 Å². The smallest absolute Gasteiger partial charge is 0.0238 e. The maximum Gasteiger partial charge on any atom is -0.0238 e. The molecule has 0 bridgehead atoms. The van der Waals surface area contributed by atoms with Crippen LogP contribution in [0.25, 0.3) is 0 Å². The quantitative estimate of drug-likeness (QED) is 0.291. The number of hydrogen-bond acceptors (Lipinski definition) is 0. The van der Waals surface area contributed by atoms with E-state index in [0.717, 1.165) is 57.8 Å². The lowest BCUT2D eigenvalue weighted by atomic mass is 9.93. The Morgan fingerprint density at radius 3 is 0.625 bits per heavy atom. The summed E-state index contributed by atoms with van der Waals surface area (Å²) in [7, 11) is 0. The third-order valence-electron chi connectivity index (χ3n) is 6.78. The maximum atomic E-state index is 2.47. The number of benzene rings is 3. The van der Waals surface area contributed by atoms with Crippen molar-refractivity contribution >= 4 is 0 Å². The van der Waals surface area contributed by atoms with E-state index in [4.69, 9.17) is 0 Å². The van der Waals surface area contributed by atoms with Crippen LogP contribution in [0.4, 0.5) is 0 Å². The van der Waals surface area contributed by atoms with Gasteiger partial charge in [-0.3, -0.25) is 0 Å². The zero-order valence-electron chi connectivity index (χ0n) is 21.1. The fourth-order valence-corrected chi connectivity index (χ4v) is 4.69. The monoisotopic (exact) mass is 426 g/mol. The van der Waals surface area contributed by atoms with E-state index in [2.05, 4.69) is 89.2 Å². The minimum absolute atomic E-state index is 1.11. The Kier molecular flexibility index (Phi) is 9.15. The van der Waals surface area contributed by atoms with E-state index in [9.17, 15) is 0 Å². The van der Waals surface area contributed by atoms with Crippen molar-refractivity contribution in [3.8, 4) is 0 Å². The van der Waals surface area contributed by atoms with Crippen molar-refractivity contribution in [2.75, 3.05) is 0 Å². The molecule has 170 valence electrons. The predicted molar refractivity (Wildman–Crippen MR) is 141 cm³/mol. The van der Waals surface area contributed by atoms with Gasteiger partial charge in [-0.25, -0.2) is 0 Å². The van der Waals surface area contributed by atoms with Crippen molar-refractivity contribution in [1.82, 2.24) is 0 Å². The summed E-state index contributed by atoms with van der Waals surface area (Å²) < 4.78 is 0. The van der Waals surface area contributed by atoms with Gasteiger partial charge >= 0.3 is 0 Å².